The van der Waals surface area contributed by atoms with Crippen LogP contribution in [0.15, 0.2) is 48.8 Å². The van der Waals surface area contributed by atoms with E-state index in [-0.39, 0.29) is 11.9 Å². The Morgan fingerprint density at radius 1 is 1.12 bits per heavy atom. The number of rotatable bonds is 3. The highest BCUT2D eigenvalue weighted by atomic mass is 32.1. The highest BCUT2D eigenvalue weighted by molar-refractivity contribution is 7.18. The second-order valence-electron chi connectivity index (χ2n) is 6.27. The molecule has 6 heteroatoms. The normalized spacial score (nSPS) is 16.9. The van der Waals surface area contributed by atoms with E-state index in [9.17, 15) is 4.79 Å². The maximum absolute atomic E-state index is 12.5. The second kappa shape index (κ2) is 6.90. The number of nitrogens with zero attached hydrogens (tertiary/aromatic N) is 4. The molecule has 5 nitrogen and oxygen atoms in total. The predicted octanol–water partition coefficient (Wildman–Crippen LogP) is 3.21. The first kappa shape index (κ1) is 16.2. The van der Waals surface area contributed by atoms with Gasteiger partial charge in [0.25, 0.3) is 5.91 Å². The smallest absolute Gasteiger partial charge is 0.255 e. The summed E-state index contributed by atoms with van der Waals surface area (Å²) in [7, 11) is 0. The number of thiazole rings is 1. The van der Waals surface area contributed by atoms with Gasteiger partial charge in [-0.3, -0.25) is 14.7 Å². The summed E-state index contributed by atoms with van der Waals surface area (Å²) >= 11 is 1.76. The lowest BCUT2D eigenvalue weighted by atomic mass is 10.2. The van der Waals surface area contributed by atoms with Gasteiger partial charge in [-0.25, -0.2) is 4.98 Å². The lowest BCUT2D eigenvalue weighted by Crippen LogP contribution is -2.49. The number of fused-ring (bicyclic) bond motifs is 1. The van der Waals surface area contributed by atoms with Crippen molar-refractivity contribution in [2.45, 2.75) is 13.0 Å². The van der Waals surface area contributed by atoms with E-state index in [0.29, 0.717) is 5.56 Å². The van der Waals surface area contributed by atoms with Crippen molar-refractivity contribution >= 4 is 27.5 Å². The van der Waals surface area contributed by atoms with Crippen LogP contribution in [0.5, 0.6) is 0 Å². The fraction of sp³-hybridized carbons (Fsp3) is 0.316. The van der Waals surface area contributed by atoms with Crippen LogP contribution in [0.2, 0.25) is 0 Å². The molecule has 3 aromatic rings. The predicted molar refractivity (Wildman–Crippen MR) is 99.7 cm³/mol. The first-order valence-electron chi connectivity index (χ1n) is 8.51. The van der Waals surface area contributed by atoms with Crippen molar-refractivity contribution in [2.24, 2.45) is 0 Å². The topological polar surface area (TPSA) is 49.3 Å². The summed E-state index contributed by atoms with van der Waals surface area (Å²) in [6.45, 7) is 5.41. The van der Waals surface area contributed by atoms with Crippen molar-refractivity contribution in [2.75, 3.05) is 26.2 Å². The van der Waals surface area contributed by atoms with Crippen LogP contribution >= 0.6 is 11.3 Å². The molecule has 2 aromatic heterocycles. The molecule has 1 atom stereocenters. The lowest BCUT2D eigenvalue weighted by Gasteiger charge is -2.37. The van der Waals surface area contributed by atoms with Crippen molar-refractivity contribution in [3.63, 3.8) is 0 Å². The molecule has 25 heavy (non-hydrogen) atoms. The van der Waals surface area contributed by atoms with Gasteiger partial charge in [-0.1, -0.05) is 12.1 Å². The van der Waals surface area contributed by atoms with E-state index < -0.39 is 0 Å². The quantitative estimate of drug-likeness (QED) is 0.726. The van der Waals surface area contributed by atoms with E-state index in [0.717, 1.165) is 36.7 Å². The molecule has 3 heterocycles. The zero-order valence-electron chi connectivity index (χ0n) is 14.1. The molecule has 0 aliphatic carbocycles. The molecular formula is C19H20N4OS. The summed E-state index contributed by atoms with van der Waals surface area (Å²) in [5.74, 6) is 0.0698. The number of hydrogen-bond acceptors (Lipinski definition) is 5. The number of carbonyl (C=O) groups excluding carboxylic acids is 1. The van der Waals surface area contributed by atoms with Gasteiger partial charge in [0.1, 0.15) is 5.01 Å². The highest BCUT2D eigenvalue weighted by Gasteiger charge is 2.26. The minimum atomic E-state index is 0.0698. The molecule has 1 amide bonds. The average Bonchev–Trinajstić information content (AvgIpc) is 3.12. The molecular weight excluding hydrogens is 332 g/mol. The monoisotopic (exact) mass is 352 g/mol. The molecule has 1 aliphatic heterocycles. The lowest BCUT2D eigenvalue weighted by molar-refractivity contribution is 0.0581. The second-order valence-corrected chi connectivity index (χ2v) is 7.33. The Bertz CT molecular complexity index is 838. The Hall–Kier alpha value is -2.31. The van der Waals surface area contributed by atoms with Crippen molar-refractivity contribution in [3.05, 3.63) is 59.4 Å². The van der Waals surface area contributed by atoms with Crippen molar-refractivity contribution in [1.29, 1.82) is 0 Å². The zero-order chi connectivity index (χ0) is 17.2. The minimum Gasteiger partial charge on any atom is -0.336 e. The summed E-state index contributed by atoms with van der Waals surface area (Å²) in [6.07, 6.45) is 3.33. The van der Waals surface area contributed by atoms with Crippen molar-refractivity contribution in [1.82, 2.24) is 19.8 Å². The third kappa shape index (κ3) is 3.27. The van der Waals surface area contributed by atoms with Crippen LogP contribution in [-0.4, -0.2) is 51.9 Å². The van der Waals surface area contributed by atoms with Crippen LogP contribution in [0.3, 0.4) is 0 Å². The molecule has 0 spiro atoms. The third-order valence-corrected chi connectivity index (χ3v) is 5.93. The zero-order valence-corrected chi connectivity index (χ0v) is 14.9. The number of carbonyl (C=O) groups is 1. The Morgan fingerprint density at radius 3 is 2.64 bits per heavy atom. The van der Waals surface area contributed by atoms with E-state index in [4.69, 9.17) is 4.98 Å². The van der Waals surface area contributed by atoms with Gasteiger partial charge in [0.05, 0.1) is 21.8 Å². The first-order chi connectivity index (χ1) is 12.2. The molecule has 4 rings (SSSR count). The maximum atomic E-state index is 12.5. The molecule has 0 saturated carbocycles. The number of benzene rings is 1. The van der Waals surface area contributed by atoms with E-state index >= 15 is 0 Å². The van der Waals surface area contributed by atoms with Crippen LogP contribution in [0.4, 0.5) is 0 Å². The van der Waals surface area contributed by atoms with Crippen molar-refractivity contribution in [3.8, 4) is 0 Å². The van der Waals surface area contributed by atoms with E-state index in [1.165, 1.54) is 4.70 Å². The number of hydrogen-bond donors (Lipinski definition) is 0. The number of pyridine rings is 1. The standard InChI is InChI=1S/C19H20N4OS/c1-14(18-21-16-6-2-3-7-17(16)25-18)22-9-11-23(12-10-22)19(24)15-5-4-8-20-13-15/h2-8,13-14H,9-12H2,1H3/t14-/m0/s1. The Labute approximate surface area is 150 Å². The summed E-state index contributed by atoms with van der Waals surface area (Å²) in [6, 6.07) is 12.2. The van der Waals surface area contributed by atoms with Crippen molar-refractivity contribution < 1.29 is 4.79 Å². The Kier molecular flexibility index (Phi) is 4.46. The van der Waals surface area contributed by atoms with Gasteiger partial charge in [0.2, 0.25) is 0 Å². The van der Waals surface area contributed by atoms with Gasteiger partial charge < -0.3 is 4.90 Å². The maximum Gasteiger partial charge on any atom is 0.255 e. The van der Waals surface area contributed by atoms with E-state index in [1.54, 1.807) is 29.8 Å². The number of aromatic nitrogens is 2. The first-order valence-corrected chi connectivity index (χ1v) is 9.33. The number of para-hydroxylation sites is 1. The molecule has 0 N–H and O–H groups in total. The van der Waals surface area contributed by atoms with E-state index in [2.05, 4.69) is 35.0 Å². The summed E-state index contributed by atoms with van der Waals surface area (Å²) in [4.78, 5) is 25.7. The SMILES string of the molecule is C[C@@H](c1nc2ccccc2s1)N1CCN(C(=O)c2cccnc2)CC1. The average molecular weight is 352 g/mol. The highest BCUT2D eigenvalue weighted by Crippen LogP contribution is 2.30. The molecule has 128 valence electrons. The number of piperazine rings is 1. The van der Waals surface area contributed by atoms with Crippen LogP contribution in [0, 0.1) is 0 Å². The van der Waals surface area contributed by atoms with Crippen LogP contribution in [-0.2, 0) is 0 Å². The van der Waals surface area contributed by atoms with Gasteiger partial charge in [-0.15, -0.1) is 11.3 Å². The van der Waals surface area contributed by atoms with Crippen LogP contribution in [0.25, 0.3) is 10.2 Å². The van der Waals surface area contributed by atoms with Crippen LogP contribution < -0.4 is 0 Å². The van der Waals surface area contributed by atoms with Gasteiger partial charge in [-0.05, 0) is 31.2 Å². The van der Waals surface area contributed by atoms with Gasteiger partial charge in [0, 0.05) is 38.6 Å². The molecule has 0 bridgehead atoms. The number of amides is 1. The third-order valence-electron chi connectivity index (χ3n) is 4.73. The summed E-state index contributed by atoms with van der Waals surface area (Å²) in [5.41, 5.74) is 1.73. The van der Waals surface area contributed by atoms with Gasteiger partial charge >= 0.3 is 0 Å². The summed E-state index contributed by atoms with van der Waals surface area (Å²) < 4.78 is 1.23. The minimum absolute atomic E-state index is 0.0698. The fourth-order valence-corrected chi connectivity index (χ4v) is 4.26. The Morgan fingerprint density at radius 2 is 1.92 bits per heavy atom. The van der Waals surface area contributed by atoms with Gasteiger partial charge in [0.15, 0.2) is 0 Å². The Balaban J connectivity index is 1.42. The molecule has 0 radical (unpaired) electrons. The molecule has 0 unspecified atom stereocenters. The fourth-order valence-electron chi connectivity index (χ4n) is 3.21. The van der Waals surface area contributed by atoms with Gasteiger partial charge in [-0.2, -0.15) is 0 Å². The molecule has 1 aromatic carbocycles. The largest absolute Gasteiger partial charge is 0.336 e. The summed E-state index contributed by atoms with van der Waals surface area (Å²) in [5, 5.41) is 1.15. The molecule has 1 fully saturated rings. The molecule has 1 aliphatic rings. The van der Waals surface area contributed by atoms with Crippen LogP contribution in [0.1, 0.15) is 28.3 Å². The van der Waals surface area contributed by atoms with E-state index in [1.807, 2.05) is 17.0 Å². The molecule has 1 saturated heterocycles.